The van der Waals surface area contributed by atoms with Crippen molar-refractivity contribution in [1.29, 1.82) is 0 Å². The molecule has 8 heteroatoms. The van der Waals surface area contributed by atoms with Crippen LogP contribution in [-0.2, 0) is 9.59 Å². The maximum absolute atomic E-state index is 13.2. The lowest BCUT2D eigenvalue weighted by Gasteiger charge is -2.25. The fraction of sp³-hybridized carbons (Fsp3) is 0.400. The summed E-state index contributed by atoms with van der Waals surface area (Å²) < 4.78 is 7.58. The van der Waals surface area contributed by atoms with Crippen LogP contribution in [0.4, 0.5) is 0 Å². The molecule has 0 spiro atoms. The molecule has 1 atom stereocenters. The number of imidazole rings is 1. The molecule has 3 aromatic rings. The maximum Gasteiger partial charge on any atom is 0.295 e. The summed E-state index contributed by atoms with van der Waals surface area (Å²) in [6.45, 7) is 10.8. The number of carbonyl (C=O) groups is 2. The van der Waals surface area contributed by atoms with Gasteiger partial charge in [0, 0.05) is 12.7 Å². The number of aliphatic hydroxyl groups is 1. The van der Waals surface area contributed by atoms with E-state index < -0.39 is 17.7 Å². The van der Waals surface area contributed by atoms with Gasteiger partial charge in [-0.2, -0.15) is 0 Å². The van der Waals surface area contributed by atoms with Crippen molar-refractivity contribution < 1.29 is 19.1 Å². The summed E-state index contributed by atoms with van der Waals surface area (Å²) in [4.78, 5) is 34.6. The highest BCUT2D eigenvalue weighted by atomic mass is 16.3. The Kier molecular flexibility index (Phi) is 6.37. The van der Waals surface area contributed by atoms with E-state index in [0.29, 0.717) is 41.5 Å². The lowest BCUT2D eigenvalue weighted by molar-refractivity contribution is -0.140. The van der Waals surface area contributed by atoms with Crippen molar-refractivity contribution in [2.75, 3.05) is 26.2 Å². The van der Waals surface area contributed by atoms with Crippen molar-refractivity contribution in [3.63, 3.8) is 0 Å². The summed E-state index contributed by atoms with van der Waals surface area (Å²) in [6, 6.07) is 8.27. The molecule has 1 aliphatic heterocycles. The summed E-state index contributed by atoms with van der Waals surface area (Å²) in [5.41, 5.74) is 1.65. The second-order valence-corrected chi connectivity index (χ2v) is 8.30. The second-order valence-electron chi connectivity index (χ2n) is 8.30. The molecule has 1 unspecified atom stereocenters. The van der Waals surface area contributed by atoms with Gasteiger partial charge in [0.2, 0.25) is 0 Å². The zero-order valence-corrected chi connectivity index (χ0v) is 19.5. The SMILES string of the molecule is CCN(CC)CCCN1C(=O)C(=O)C(=C(O)c2c(C)nc3ccccn23)C1c1ccc(C)o1. The second kappa shape index (κ2) is 9.23. The zero-order valence-electron chi connectivity index (χ0n) is 19.5. The Morgan fingerprint density at radius 2 is 1.91 bits per heavy atom. The van der Waals surface area contributed by atoms with Crippen LogP contribution >= 0.6 is 0 Å². The number of likely N-dealkylation sites (tertiary alicyclic amines) is 1. The van der Waals surface area contributed by atoms with Gasteiger partial charge in [0.25, 0.3) is 11.7 Å². The van der Waals surface area contributed by atoms with E-state index in [1.165, 1.54) is 4.90 Å². The average molecular weight is 451 g/mol. The summed E-state index contributed by atoms with van der Waals surface area (Å²) >= 11 is 0. The molecular formula is C25H30N4O4. The largest absolute Gasteiger partial charge is 0.505 e. The molecule has 1 saturated heterocycles. The minimum atomic E-state index is -0.788. The number of Topliss-reactive ketones (excluding diaryl/α,β-unsaturated/α-hetero) is 1. The van der Waals surface area contributed by atoms with E-state index in [1.807, 2.05) is 25.1 Å². The number of aryl methyl sites for hydroxylation is 2. The predicted molar refractivity (Wildman–Crippen MR) is 125 cm³/mol. The molecular weight excluding hydrogens is 420 g/mol. The molecule has 0 bridgehead atoms. The van der Waals surface area contributed by atoms with Crippen LogP contribution in [0.2, 0.25) is 0 Å². The number of amides is 1. The maximum atomic E-state index is 13.2. The standard InChI is InChI=1S/C25H30N4O4/c1-5-27(6-2)13-9-15-29-22(18-12-11-16(3)33-18)20(24(31)25(29)32)23(30)21-17(4)26-19-10-7-8-14-28(19)21/h7-8,10-12,14,22,30H,5-6,9,13,15H2,1-4H3. The van der Waals surface area contributed by atoms with Crippen molar-refractivity contribution in [2.24, 2.45) is 0 Å². The van der Waals surface area contributed by atoms with Gasteiger partial charge in [0.15, 0.2) is 5.76 Å². The third-order valence-electron chi connectivity index (χ3n) is 6.27. The smallest absolute Gasteiger partial charge is 0.295 e. The van der Waals surface area contributed by atoms with Crippen LogP contribution in [0.5, 0.6) is 0 Å². The van der Waals surface area contributed by atoms with Gasteiger partial charge in [-0.3, -0.25) is 14.0 Å². The first kappa shape index (κ1) is 22.8. The number of hydrogen-bond acceptors (Lipinski definition) is 6. The number of aliphatic hydroxyl groups excluding tert-OH is 1. The highest BCUT2D eigenvalue weighted by Gasteiger charge is 2.47. The Hall–Kier alpha value is -3.39. The number of furan rings is 1. The van der Waals surface area contributed by atoms with Crippen LogP contribution in [0.3, 0.4) is 0 Å². The molecule has 1 fully saturated rings. The minimum absolute atomic E-state index is 0.0333. The number of fused-ring (bicyclic) bond motifs is 1. The van der Waals surface area contributed by atoms with Crippen LogP contribution in [0, 0.1) is 13.8 Å². The molecule has 3 aromatic heterocycles. The van der Waals surface area contributed by atoms with Gasteiger partial charge in [-0.05, 0) is 64.2 Å². The summed E-state index contributed by atoms with van der Waals surface area (Å²) in [5.74, 6) is -0.441. The lowest BCUT2D eigenvalue weighted by Crippen LogP contribution is -2.33. The molecule has 1 amide bonds. The van der Waals surface area contributed by atoms with Crippen molar-refractivity contribution in [3.8, 4) is 0 Å². The van der Waals surface area contributed by atoms with Crippen LogP contribution in [0.15, 0.2) is 46.5 Å². The summed E-state index contributed by atoms with van der Waals surface area (Å²) in [7, 11) is 0. The van der Waals surface area contributed by atoms with Crippen LogP contribution in [-0.4, -0.2) is 62.2 Å². The molecule has 0 aliphatic carbocycles. The number of carbonyl (C=O) groups excluding carboxylic acids is 2. The lowest BCUT2D eigenvalue weighted by atomic mass is 10.0. The molecule has 33 heavy (non-hydrogen) atoms. The number of ketones is 1. The summed E-state index contributed by atoms with van der Waals surface area (Å²) in [6.07, 6.45) is 2.48. The molecule has 1 aliphatic rings. The molecule has 0 saturated carbocycles. The van der Waals surface area contributed by atoms with Crippen molar-refractivity contribution in [1.82, 2.24) is 19.2 Å². The first-order valence-corrected chi connectivity index (χ1v) is 11.4. The third-order valence-corrected chi connectivity index (χ3v) is 6.27. The number of aromatic nitrogens is 2. The van der Waals surface area contributed by atoms with Crippen molar-refractivity contribution in [3.05, 3.63) is 65.0 Å². The first-order valence-electron chi connectivity index (χ1n) is 11.4. The fourth-order valence-electron chi connectivity index (χ4n) is 4.54. The molecule has 0 aromatic carbocycles. The number of pyridine rings is 1. The Morgan fingerprint density at radius 1 is 1.15 bits per heavy atom. The average Bonchev–Trinajstić information content (AvgIpc) is 3.45. The van der Waals surface area contributed by atoms with Crippen LogP contribution < -0.4 is 0 Å². The first-order chi connectivity index (χ1) is 15.9. The van der Waals surface area contributed by atoms with Gasteiger partial charge < -0.3 is 19.3 Å². The van der Waals surface area contributed by atoms with E-state index in [4.69, 9.17) is 4.42 Å². The molecule has 4 heterocycles. The fourth-order valence-corrected chi connectivity index (χ4v) is 4.54. The molecule has 8 nitrogen and oxygen atoms in total. The van der Waals surface area contributed by atoms with Gasteiger partial charge in [0.1, 0.15) is 28.9 Å². The highest BCUT2D eigenvalue weighted by Crippen LogP contribution is 2.40. The summed E-state index contributed by atoms with van der Waals surface area (Å²) in [5, 5.41) is 11.4. The van der Waals surface area contributed by atoms with Gasteiger partial charge >= 0.3 is 0 Å². The van der Waals surface area contributed by atoms with E-state index in [9.17, 15) is 14.7 Å². The van der Waals surface area contributed by atoms with E-state index in [0.717, 1.165) is 19.6 Å². The van der Waals surface area contributed by atoms with E-state index in [2.05, 4.69) is 23.7 Å². The normalized spacial score (nSPS) is 18.2. The van der Waals surface area contributed by atoms with Crippen LogP contribution in [0.25, 0.3) is 11.4 Å². The Bertz CT molecular complexity index is 1220. The van der Waals surface area contributed by atoms with E-state index in [1.54, 1.807) is 29.7 Å². The number of hydrogen-bond donors (Lipinski definition) is 1. The minimum Gasteiger partial charge on any atom is -0.505 e. The Morgan fingerprint density at radius 3 is 2.58 bits per heavy atom. The zero-order chi connectivity index (χ0) is 23.7. The van der Waals surface area contributed by atoms with E-state index >= 15 is 0 Å². The van der Waals surface area contributed by atoms with Gasteiger partial charge in [-0.1, -0.05) is 19.9 Å². The third kappa shape index (κ3) is 4.06. The number of rotatable bonds is 8. The highest BCUT2D eigenvalue weighted by molar-refractivity contribution is 6.46. The van der Waals surface area contributed by atoms with Crippen molar-refractivity contribution in [2.45, 2.75) is 40.2 Å². The molecule has 174 valence electrons. The van der Waals surface area contributed by atoms with Gasteiger partial charge in [-0.25, -0.2) is 4.98 Å². The van der Waals surface area contributed by atoms with Gasteiger partial charge in [-0.15, -0.1) is 0 Å². The van der Waals surface area contributed by atoms with Gasteiger partial charge in [0.05, 0.1) is 11.3 Å². The predicted octanol–water partition coefficient (Wildman–Crippen LogP) is 3.70. The van der Waals surface area contributed by atoms with E-state index in [-0.39, 0.29) is 11.3 Å². The topological polar surface area (TPSA) is 91.3 Å². The van der Waals surface area contributed by atoms with Crippen LogP contribution in [0.1, 0.15) is 49.2 Å². The molecule has 0 radical (unpaired) electrons. The quantitative estimate of drug-likeness (QED) is 0.320. The monoisotopic (exact) mass is 450 g/mol. The van der Waals surface area contributed by atoms with Crippen molar-refractivity contribution >= 4 is 23.1 Å². The Balaban J connectivity index is 1.79. The number of nitrogens with zero attached hydrogens (tertiary/aromatic N) is 4. The molecule has 4 rings (SSSR count). The molecule has 1 N–H and O–H groups in total. The Labute approximate surface area is 193 Å².